The number of hydrogen-bond acceptors (Lipinski definition) is 3. The van der Waals surface area contributed by atoms with E-state index in [9.17, 15) is 0 Å². The molecular weight excluding hydrogens is 163 g/mol. The second-order valence-electron chi connectivity index (χ2n) is 1.34. The van der Waals surface area contributed by atoms with Gasteiger partial charge in [-0.2, -0.15) is 11.8 Å². The van der Waals surface area contributed by atoms with Crippen molar-refractivity contribution in [2.75, 3.05) is 11.5 Å². The molecule has 0 nitrogen and oxygen atoms in total. The molecule has 0 aliphatic carbocycles. The normalized spacial score (nSPS) is 22.3. The maximum Gasteiger partial charge on any atom is 0.0433 e. The van der Waals surface area contributed by atoms with E-state index in [0.717, 1.165) is 11.8 Å². The molecule has 1 rings (SSSR count). The molecule has 0 saturated carbocycles. The molecule has 0 spiro atoms. The highest BCUT2D eigenvalue weighted by Crippen LogP contribution is 2.35. The third-order valence-corrected chi connectivity index (χ3v) is 5.14. The molecule has 1 heterocycles. The third kappa shape index (κ3) is 1.88. The molecule has 1 saturated heterocycles. The fourth-order valence-corrected chi connectivity index (χ4v) is 4.51. The Hall–Kier alpha value is 1.22. The van der Waals surface area contributed by atoms with Crippen LogP contribution in [0.3, 0.4) is 0 Å². The van der Waals surface area contributed by atoms with Crippen molar-refractivity contribution in [1.29, 1.82) is 0 Å². The maximum atomic E-state index is 4.75. The fourth-order valence-electron chi connectivity index (χ4n) is 0.336. The Balaban J connectivity index is 2.03. The summed E-state index contributed by atoms with van der Waals surface area (Å²) in [7, 11) is 0. The minimum absolute atomic E-state index is 0.893. The lowest BCUT2D eigenvalue weighted by Crippen LogP contribution is -2.18. The van der Waals surface area contributed by atoms with Gasteiger partial charge in [-0.3, -0.25) is 0 Å². The highest BCUT2D eigenvalue weighted by Gasteiger charge is 2.16. The van der Waals surface area contributed by atoms with Gasteiger partial charge in [-0.25, -0.2) is 0 Å². The summed E-state index contributed by atoms with van der Waals surface area (Å²) < 4.78 is 0. The molecule has 0 atom stereocenters. The van der Waals surface area contributed by atoms with E-state index in [-0.39, 0.29) is 0 Å². The molecule has 0 N–H and O–H groups in total. The van der Waals surface area contributed by atoms with Crippen LogP contribution in [0.15, 0.2) is 0 Å². The van der Waals surface area contributed by atoms with Crippen LogP contribution in [0.1, 0.15) is 0 Å². The van der Waals surface area contributed by atoms with Crippen LogP contribution >= 0.6 is 29.7 Å². The number of rotatable bonds is 2. The molecule has 0 aromatic rings. The van der Waals surface area contributed by atoms with Crippen molar-refractivity contribution in [2.45, 2.75) is 5.25 Å². The lowest BCUT2D eigenvalue weighted by atomic mass is 10.5. The van der Waals surface area contributed by atoms with E-state index in [2.05, 4.69) is 0 Å². The zero-order valence-electron chi connectivity index (χ0n) is 3.66. The molecule has 7 heavy (non-hydrogen) atoms. The van der Waals surface area contributed by atoms with E-state index >= 15 is 0 Å². The van der Waals surface area contributed by atoms with Crippen LogP contribution in [0, 0.1) is 0 Å². The lowest BCUT2D eigenvalue weighted by molar-refractivity contribution is 1.09. The molecule has 1 aliphatic rings. The van der Waals surface area contributed by atoms with Gasteiger partial charge in [0.2, 0.25) is 0 Å². The Morgan fingerprint density at radius 2 is 2.43 bits per heavy atom. The second kappa shape index (κ2) is 3.29. The molecule has 0 unspecified atom stereocenters. The van der Waals surface area contributed by atoms with Crippen LogP contribution in [0.5, 0.6) is 0 Å². The smallest absolute Gasteiger partial charge is 0.0433 e. The zero-order chi connectivity index (χ0) is 5.11. The number of hydrogen-bond donors (Lipinski definition) is 0. The van der Waals surface area contributed by atoms with Crippen molar-refractivity contribution in [3.63, 3.8) is 0 Å². The highest BCUT2D eigenvalue weighted by molar-refractivity contribution is 8.58. The summed E-state index contributed by atoms with van der Waals surface area (Å²) in [6.07, 6.45) is 0. The van der Waals surface area contributed by atoms with Crippen LogP contribution < -0.4 is 0 Å². The van der Waals surface area contributed by atoms with Gasteiger partial charge >= 0.3 is 0 Å². The van der Waals surface area contributed by atoms with Gasteiger partial charge < -0.3 is 0 Å². The van der Waals surface area contributed by atoms with E-state index < -0.39 is 0 Å². The predicted octanol–water partition coefficient (Wildman–Crippen LogP) is 2.16. The van der Waals surface area contributed by atoms with Gasteiger partial charge in [0.25, 0.3) is 0 Å². The monoisotopic (exact) mass is 168 g/mol. The Kier molecular flexibility index (Phi) is 2.98. The lowest BCUT2D eigenvalue weighted by Gasteiger charge is -2.20. The Bertz CT molecular complexity index is 70.6. The van der Waals surface area contributed by atoms with Gasteiger partial charge in [-0.1, -0.05) is 11.4 Å². The Labute approximate surface area is 58.4 Å². The molecule has 4 heteroatoms. The van der Waals surface area contributed by atoms with Crippen molar-refractivity contribution in [3.8, 4) is 0 Å². The standard InChI is InChI=1S/C3H5PS3/c5-4-7-3-1-6-2-3/h3H,1-2H2. The molecular formula is C3H5PS3. The van der Waals surface area contributed by atoms with Crippen molar-refractivity contribution < 1.29 is 0 Å². The fraction of sp³-hybridized carbons (Fsp3) is 1.00. The van der Waals surface area contributed by atoms with Crippen molar-refractivity contribution in [2.24, 2.45) is 0 Å². The SMILES string of the molecule is S=PSC1CSC1. The van der Waals surface area contributed by atoms with Gasteiger partial charge in [-0.15, -0.1) is 0 Å². The van der Waals surface area contributed by atoms with Crippen molar-refractivity contribution in [1.82, 2.24) is 0 Å². The molecule has 1 fully saturated rings. The van der Waals surface area contributed by atoms with Gasteiger partial charge in [0, 0.05) is 23.3 Å². The van der Waals surface area contributed by atoms with Gasteiger partial charge in [0.1, 0.15) is 0 Å². The predicted molar refractivity (Wildman–Crippen MR) is 43.0 cm³/mol. The molecule has 0 bridgehead atoms. The van der Waals surface area contributed by atoms with Crippen molar-refractivity contribution in [3.05, 3.63) is 0 Å². The minimum Gasteiger partial charge on any atom is -0.160 e. The van der Waals surface area contributed by atoms with E-state index in [4.69, 9.17) is 11.8 Å². The summed E-state index contributed by atoms with van der Waals surface area (Å²) in [5.41, 5.74) is 0. The van der Waals surface area contributed by atoms with Gasteiger partial charge in [0.15, 0.2) is 0 Å². The molecule has 0 aromatic carbocycles. The molecule has 1 aliphatic heterocycles. The average molecular weight is 168 g/mol. The summed E-state index contributed by atoms with van der Waals surface area (Å²) in [6.45, 7) is 1.08. The summed E-state index contributed by atoms with van der Waals surface area (Å²) in [4.78, 5) is 0. The zero-order valence-corrected chi connectivity index (χ0v) is 7.01. The number of thioether (sulfide) groups is 1. The third-order valence-electron chi connectivity index (χ3n) is 0.800. The summed E-state index contributed by atoms with van der Waals surface area (Å²) in [5.74, 6) is 2.66. The van der Waals surface area contributed by atoms with Gasteiger partial charge in [0.05, 0.1) is 0 Å². The highest BCUT2D eigenvalue weighted by atomic mass is 32.9. The van der Waals surface area contributed by atoms with Crippen LogP contribution in [-0.2, 0) is 11.8 Å². The quantitative estimate of drug-likeness (QED) is 0.580. The minimum atomic E-state index is 0.893. The van der Waals surface area contributed by atoms with E-state index in [1.54, 1.807) is 0 Å². The first-order chi connectivity index (χ1) is 3.43. The average Bonchev–Trinajstić information content (AvgIpc) is 1.55. The van der Waals surface area contributed by atoms with Gasteiger partial charge in [-0.05, 0) is 11.8 Å². The topological polar surface area (TPSA) is 0 Å². The maximum absolute atomic E-state index is 4.75. The second-order valence-corrected chi connectivity index (χ2v) is 5.86. The van der Waals surface area contributed by atoms with Crippen LogP contribution in [0.25, 0.3) is 0 Å². The Morgan fingerprint density at radius 3 is 2.57 bits per heavy atom. The first-order valence-electron chi connectivity index (χ1n) is 1.99. The van der Waals surface area contributed by atoms with Crippen LogP contribution in [0.2, 0.25) is 0 Å². The Morgan fingerprint density at radius 1 is 1.71 bits per heavy atom. The molecule has 0 amide bonds. The summed E-state index contributed by atoms with van der Waals surface area (Å²) in [5, 5.41) is 0.893. The van der Waals surface area contributed by atoms with E-state index in [1.807, 2.05) is 23.1 Å². The molecule has 0 radical (unpaired) electrons. The molecule has 0 aromatic heterocycles. The summed E-state index contributed by atoms with van der Waals surface area (Å²) in [6, 6.07) is 0. The van der Waals surface area contributed by atoms with E-state index in [0.29, 0.717) is 0 Å². The summed E-state index contributed by atoms with van der Waals surface area (Å²) >= 11 is 8.65. The van der Waals surface area contributed by atoms with E-state index in [1.165, 1.54) is 11.5 Å². The van der Waals surface area contributed by atoms with Crippen molar-refractivity contribution >= 4 is 41.5 Å². The molecule has 40 valence electrons. The van der Waals surface area contributed by atoms with Crippen LogP contribution in [0.4, 0.5) is 0 Å². The first kappa shape index (κ1) is 6.34. The first-order valence-corrected chi connectivity index (χ1v) is 6.54. The largest absolute Gasteiger partial charge is 0.160 e. The van der Waals surface area contributed by atoms with Crippen LogP contribution in [-0.4, -0.2) is 16.8 Å².